The van der Waals surface area contributed by atoms with E-state index in [4.69, 9.17) is 16.3 Å². The molecule has 7 heteroatoms. The van der Waals surface area contributed by atoms with Crippen LogP contribution in [0.5, 0.6) is 0 Å². The van der Waals surface area contributed by atoms with E-state index >= 15 is 0 Å². The number of hydrogen-bond donors (Lipinski definition) is 0. The highest BCUT2D eigenvalue weighted by Gasteiger charge is 2.22. The lowest BCUT2D eigenvalue weighted by Crippen LogP contribution is -2.49. The van der Waals surface area contributed by atoms with E-state index in [1.807, 2.05) is 30.3 Å². The average molecular weight is 333 g/mol. The molecule has 1 aromatic heterocycles. The van der Waals surface area contributed by atoms with E-state index in [9.17, 15) is 4.79 Å². The summed E-state index contributed by atoms with van der Waals surface area (Å²) in [5.41, 5.74) is 1.89. The predicted octanol–water partition coefficient (Wildman–Crippen LogP) is 2.59. The maximum Gasteiger partial charge on any atom is 0.410 e. The van der Waals surface area contributed by atoms with Crippen molar-refractivity contribution in [1.29, 1.82) is 0 Å². The Morgan fingerprint density at radius 2 is 1.74 bits per heavy atom. The first kappa shape index (κ1) is 15.6. The molecule has 3 rings (SSSR count). The molecule has 0 radical (unpaired) electrons. The van der Waals surface area contributed by atoms with Crippen molar-refractivity contribution in [3.8, 4) is 0 Å². The molecule has 0 unspecified atom stereocenters. The maximum atomic E-state index is 12.1. The molecule has 2 aromatic rings. The lowest BCUT2D eigenvalue weighted by atomic mass is 10.2. The maximum absolute atomic E-state index is 12.1. The van der Waals surface area contributed by atoms with Gasteiger partial charge in [0.2, 0.25) is 5.28 Å². The number of piperazine rings is 1. The van der Waals surface area contributed by atoms with Crippen molar-refractivity contribution in [2.24, 2.45) is 0 Å². The minimum absolute atomic E-state index is 0.233. The molecular formula is C16H17ClN4O2. The van der Waals surface area contributed by atoms with Gasteiger partial charge >= 0.3 is 6.09 Å². The third kappa shape index (κ3) is 4.10. The molecule has 23 heavy (non-hydrogen) atoms. The number of carbonyl (C=O) groups is 1. The predicted molar refractivity (Wildman–Crippen MR) is 87.5 cm³/mol. The van der Waals surface area contributed by atoms with Gasteiger partial charge in [0, 0.05) is 26.2 Å². The van der Waals surface area contributed by atoms with Crippen LogP contribution in [-0.2, 0) is 11.3 Å². The fourth-order valence-corrected chi connectivity index (χ4v) is 2.52. The van der Waals surface area contributed by atoms with Gasteiger partial charge < -0.3 is 14.5 Å². The van der Waals surface area contributed by atoms with Crippen LogP contribution in [-0.4, -0.2) is 47.1 Å². The van der Waals surface area contributed by atoms with Crippen molar-refractivity contribution in [3.05, 3.63) is 53.6 Å². The quantitative estimate of drug-likeness (QED) is 0.809. The van der Waals surface area contributed by atoms with Crippen LogP contribution >= 0.6 is 11.6 Å². The average Bonchev–Trinajstić information content (AvgIpc) is 2.61. The summed E-state index contributed by atoms with van der Waals surface area (Å²) < 4.78 is 5.35. The van der Waals surface area contributed by atoms with Crippen LogP contribution in [0.4, 0.5) is 10.5 Å². The van der Waals surface area contributed by atoms with Crippen LogP contribution in [0, 0.1) is 0 Å². The summed E-state index contributed by atoms with van der Waals surface area (Å²) in [5.74, 6) is 0. The van der Waals surface area contributed by atoms with Gasteiger partial charge in [-0.1, -0.05) is 30.3 Å². The fourth-order valence-electron chi connectivity index (χ4n) is 2.43. The third-order valence-electron chi connectivity index (χ3n) is 3.71. The summed E-state index contributed by atoms with van der Waals surface area (Å²) in [4.78, 5) is 23.9. The van der Waals surface area contributed by atoms with E-state index in [1.165, 1.54) is 0 Å². The zero-order chi connectivity index (χ0) is 16.1. The minimum Gasteiger partial charge on any atom is -0.445 e. The first-order chi connectivity index (χ1) is 11.2. The number of halogens is 1. The fraction of sp³-hybridized carbons (Fsp3) is 0.312. The van der Waals surface area contributed by atoms with Gasteiger partial charge in [-0.05, 0) is 17.2 Å². The Balaban J connectivity index is 1.48. The van der Waals surface area contributed by atoms with E-state index in [2.05, 4.69) is 14.9 Å². The third-order valence-corrected chi connectivity index (χ3v) is 3.91. The van der Waals surface area contributed by atoms with Crippen LogP contribution in [0.2, 0.25) is 5.28 Å². The van der Waals surface area contributed by atoms with Crippen molar-refractivity contribution in [2.45, 2.75) is 6.61 Å². The highest BCUT2D eigenvalue weighted by atomic mass is 35.5. The van der Waals surface area contributed by atoms with Crippen molar-refractivity contribution < 1.29 is 9.53 Å². The van der Waals surface area contributed by atoms with E-state index in [1.54, 1.807) is 17.3 Å². The van der Waals surface area contributed by atoms with Gasteiger partial charge in [-0.3, -0.25) is 0 Å². The first-order valence-corrected chi connectivity index (χ1v) is 7.78. The summed E-state index contributed by atoms with van der Waals surface area (Å²) in [7, 11) is 0. The number of nitrogens with zero attached hydrogens (tertiary/aromatic N) is 4. The number of aromatic nitrogens is 2. The molecule has 1 amide bonds. The minimum atomic E-state index is -0.277. The zero-order valence-corrected chi connectivity index (χ0v) is 13.3. The van der Waals surface area contributed by atoms with Gasteiger partial charge in [-0.15, -0.1) is 0 Å². The molecule has 0 aliphatic carbocycles. The summed E-state index contributed by atoms with van der Waals surface area (Å²) in [6.45, 7) is 2.94. The smallest absolute Gasteiger partial charge is 0.410 e. The monoisotopic (exact) mass is 332 g/mol. The molecule has 6 nitrogen and oxygen atoms in total. The molecule has 0 atom stereocenters. The molecule has 0 bridgehead atoms. The van der Waals surface area contributed by atoms with Gasteiger partial charge in [-0.2, -0.15) is 0 Å². The molecule has 0 saturated carbocycles. The normalized spacial score (nSPS) is 14.7. The Morgan fingerprint density at radius 1 is 1.09 bits per heavy atom. The standard InChI is InChI=1S/C16H17ClN4O2/c17-15-18-10-14(11-19-15)20-6-8-21(9-7-20)16(22)23-12-13-4-2-1-3-5-13/h1-5,10-11H,6-9,12H2. The van der Waals surface area contributed by atoms with Crippen LogP contribution in [0.15, 0.2) is 42.7 Å². The van der Waals surface area contributed by atoms with E-state index in [0.717, 1.165) is 11.3 Å². The lowest BCUT2D eigenvalue weighted by Gasteiger charge is -2.35. The van der Waals surface area contributed by atoms with Gasteiger partial charge in [0.15, 0.2) is 0 Å². The second kappa shape index (κ2) is 7.28. The van der Waals surface area contributed by atoms with Gasteiger partial charge in [-0.25, -0.2) is 14.8 Å². The molecule has 0 N–H and O–H groups in total. The Morgan fingerprint density at radius 3 is 2.39 bits per heavy atom. The summed E-state index contributed by atoms with van der Waals surface area (Å²) >= 11 is 5.69. The van der Waals surface area contributed by atoms with Crippen LogP contribution in [0.25, 0.3) is 0 Å². The van der Waals surface area contributed by atoms with Crippen LogP contribution in [0.3, 0.4) is 0 Å². The van der Waals surface area contributed by atoms with Crippen molar-refractivity contribution in [3.63, 3.8) is 0 Å². The van der Waals surface area contributed by atoms with E-state index < -0.39 is 0 Å². The van der Waals surface area contributed by atoms with E-state index in [0.29, 0.717) is 32.8 Å². The molecule has 1 fully saturated rings. The number of benzene rings is 1. The Bertz CT molecular complexity index is 643. The Kier molecular flexibility index (Phi) is 4.92. The Labute approximate surface area is 139 Å². The summed E-state index contributed by atoms with van der Waals surface area (Å²) in [6, 6.07) is 9.66. The number of amides is 1. The highest BCUT2D eigenvalue weighted by molar-refractivity contribution is 6.28. The Hall–Kier alpha value is -2.34. The van der Waals surface area contributed by atoms with Crippen molar-refractivity contribution in [1.82, 2.24) is 14.9 Å². The molecule has 1 aliphatic heterocycles. The molecule has 2 heterocycles. The molecule has 1 aromatic carbocycles. The van der Waals surface area contributed by atoms with Gasteiger partial charge in [0.1, 0.15) is 6.61 Å². The number of ether oxygens (including phenoxy) is 1. The zero-order valence-electron chi connectivity index (χ0n) is 12.6. The number of anilines is 1. The molecule has 0 spiro atoms. The molecule has 1 saturated heterocycles. The summed E-state index contributed by atoms with van der Waals surface area (Å²) in [6.07, 6.45) is 3.11. The van der Waals surface area contributed by atoms with Crippen LogP contribution in [0.1, 0.15) is 5.56 Å². The highest BCUT2D eigenvalue weighted by Crippen LogP contribution is 2.15. The SMILES string of the molecule is O=C(OCc1ccccc1)N1CCN(c2cnc(Cl)nc2)CC1. The number of hydrogen-bond acceptors (Lipinski definition) is 5. The number of carbonyl (C=O) groups excluding carboxylic acids is 1. The lowest BCUT2D eigenvalue weighted by molar-refractivity contribution is 0.0942. The summed E-state index contributed by atoms with van der Waals surface area (Å²) in [5, 5.41) is 0.233. The van der Waals surface area contributed by atoms with Gasteiger partial charge in [0.25, 0.3) is 0 Å². The number of rotatable bonds is 3. The van der Waals surface area contributed by atoms with Crippen molar-refractivity contribution >= 4 is 23.4 Å². The van der Waals surface area contributed by atoms with Crippen molar-refractivity contribution in [2.75, 3.05) is 31.1 Å². The molecule has 120 valence electrons. The van der Waals surface area contributed by atoms with Gasteiger partial charge in [0.05, 0.1) is 18.1 Å². The second-order valence-electron chi connectivity index (χ2n) is 5.22. The van der Waals surface area contributed by atoms with Crippen LogP contribution < -0.4 is 4.90 Å². The molecular weight excluding hydrogens is 316 g/mol. The first-order valence-electron chi connectivity index (χ1n) is 7.40. The molecule has 1 aliphatic rings. The topological polar surface area (TPSA) is 58.6 Å². The largest absolute Gasteiger partial charge is 0.445 e. The second-order valence-corrected chi connectivity index (χ2v) is 5.56. The van der Waals surface area contributed by atoms with E-state index in [-0.39, 0.29) is 11.4 Å².